The van der Waals surface area contributed by atoms with E-state index in [0.717, 1.165) is 55.1 Å². The number of carbonyl (C=O) groups excluding carboxylic acids is 3. The molecule has 5 unspecified atom stereocenters. The van der Waals surface area contributed by atoms with Crippen molar-refractivity contribution in [2.24, 2.45) is 34.5 Å². The van der Waals surface area contributed by atoms with Gasteiger partial charge in [0.2, 0.25) is 5.91 Å². The van der Waals surface area contributed by atoms with Crippen molar-refractivity contribution in [3.63, 3.8) is 0 Å². The number of nitrogens with zero attached hydrogens (tertiary/aromatic N) is 4. The molecule has 5 fully saturated rings. The summed E-state index contributed by atoms with van der Waals surface area (Å²) in [5.41, 5.74) is 0.656. The zero-order valence-electron chi connectivity index (χ0n) is 28.4. The van der Waals surface area contributed by atoms with Gasteiger partial charge in [-0.15, -0.1) is 6.42 Å². The van der Waals surface area contributed by atoms with Gasteiger partial charge in [0.05, 0.1) is 11.2 Å². The van der Waals surface area contributed by atoms with Crippen LogP contribution in [-0.2, 0) is 9.59 Å². The number of hydrogen-bond donors (Lipinski definition) is 1. The van der Waals surface area contributed by atoms with E-state index in [0.29, 0.717) is 81.4 Å². The van der Waals surface area contributed by atoms with Crippen molar-refractivity contribution >= 4 is 28.5 Å². The molecule has 1 N–H and O–H groups in total. The fraction of sp³-hybridized carbons (Fsp3) is 0.600. The van der Waals surface area contributed by atoms with Crippen molar-refractivity contribution in [3.05, 3.63) is 53.9 Å². The lowest BCUT2D eigenvalue weighted by Gasteiger charge is -2.60. The highest BCUT2D eigenvalue weighted by atomic mass is 16.3. The Bertz CT molecular complexity index is 1740. The van der Waals surface area contributed by atoms with Crippen LogP contribution >= 0.6 is 0 Å². The molecule has 2 aromatic rings. The molecule has 0 bridgehead atoms. The zero-order chi connectivity index (χ0) is 33.4. The minimum Gasteiger partial charge on any atom is -0.377 e. The van der Waals surface area contributed by atoms with E-state index >= 15 is 0 Å². The lowest BCUT2D eigenvalue weighted by molar-refractivity contribution is -0.137. The Kier molecular flexibility index (Phi) is 7.52. The number of pyridine rings is 1. The Labute approximate surface area is 283 Å². The molecule has 8 rings (SSSR count). The van der Waals surface area contributed by atoms with Crippen molar-refractivity contribution in [3.8, 4) is 12.3 Å². The molecule has 8 heteroatoms. The Morgan fingerprint density at radius 2 is 1.71 bits per heavy atom. The van der Waals surface area contributed by atoms with E-state index in [-0.39, 0.29) is 28.4 Å². The lowest BCUT2D eigenvalue weighted by Crippen LogP contribution is -2.57. The minimum atomic E-state index is -1.02. The molecule has 3 heterocycles. The second-order valence-corrected chi connectivity index (χ2v) is 16.0. The highest BCUT2D eigenvalue weighted by molar-refractivity contribution is 5.98. The summed E-state index contributed by atoms with van der Waals surface area (Å²) in [6, 6.07) is 10.9. The van der Waals surface area contributed by atoms with Gasteiger partial charge in [0, 0.05) is 49.9 Å². The standard InChI is InChI=1S/C40H48N4O4/c1-4-40(48)18-16-30-28-13-12-27-24-35(45)34(25-38(27,2)29(28)15-17-39(30,40)3)42-20-22-43(23-21-42)37(47)33-10-7-19-44(33)36(46)32-14-11-26-8-5-6-9-31(26)41-32/h1,5-6,8-9,11,14,25,27-30,33,48H,7,10,12-13,15-24H2,2-3H3/t27?,28?,29?,30?,33?,38-,39-,40-/m0/s1. The number of likely N-dealkylation sites (tertiary alicyclic amines) is 1. The average Bonchev–Trinajstić information content (AvgIpc) is 3.70. The molecule has 6 aliphatic rings. The van der Waals surface area contributed by atoms with Gasteiger partial charge < -0.3 is 19.8 Å². The van der Waals surface area contributed by atoms with Crippen LogP contribution in [0.1, 0.15) is 82.1 Å². The highest BCUT2D eigenvalue weighted by Crippen LogP contribution is 2.67. The van der Waals surface area contributed by atoms with Gasteiger partial charge in [-0.2, -0.15) is 0 Å². The second-order valence-electron chi connectivity index (χ2n) is 16.0. The molecule has 2 aliphatic heterocycles. The molecule has 252 valence electrons. The minimum absolute atomic E-state index is 0.00105. The van der Waals surface area contributed by atoms with Crippen molar-refractivity contribution < 1.29 is 19.5 Å². The van der Waals surface area contributed by atoms with Crippen LogP contribution in [0.3, 0.4) is 0 Å². The summed E-state index contributed by atoms with van der Waals surface area (Å²) in [6.45, 7) is 7.46. The number of amides is 2. The van der Waals surface area contributed by atoms with Crippen LogP contribution in [0.15, 0.2) is 48.2 Å². The molecule has 2 amide bonds. The third kappa shape index (κ3) is 4.67. The van der Waals surface area contributed by atoms with E-state index in [1.165, 1.54) is 0 Å². The number of ketones is 1. The largest absolute Gasteiger partial charge is 0.377 e. The number of piperazine rings is 1. The highest BCUT2D eigenvalue weighted by Gasteiger charge is 2.64. The lowest BCUT2D eigenvalue weighted by atomic mass is 9.45. The number of aromatic nitrogens is 1. The number of Topliss-reactive ketones (excluding diaryl/α,β-unsaturated/α-hetero) is 1. The van der Waals surface area contributed by atoms with E-state index in [2.05, 4.69) is 35.7 Å². The molecule has 48 heavy (non-hydrogen) atoms. The number of benzene rings is 1. The van der Waals surface area contributed by atoms with Crippen molar-refractivity contribution in [2.75, 3.05) is 32.7 Å². The van der Waals surface area contributed by atoms with E-state index in [9.17, 15) is 19.5 Å². The first-order chi connectivity index (χ1) is 23.1. The third-order valence-corrected chi connectivity index (χ3v) is 14.1. The van der Waals surface area contributed by atoms with Crippen molar-refractivity contribution in [2.45, 2.75) is 83.3 Å². The van der Waals surface area contributed by atoms with Gasteiger partial charge in [-0.25, -0.2) is 4.98 Å². The van der Waals surface area contributed by atoms with Gasteiger partial charge in [-0.05, 0) is 92.6 Å². The number of rotatable bonds is 3. The number of fused-ring (bicyclic) bond motifs is 6. The van der Waals surface area contributed by atoms with Gasteiger partial charge in [0.25, 0.3) is 5.91 Å². The monoisotopic (exact) mass is 648 g/mol. The SMILES string of the molecule is C#C[C@]1(O)CCC2C3CCC4CC(=O)C(N5CCN(C(=O)C6CCCN6C(=O)c6ccc7ccccc7n6)CC5)=C[C@]4(C)C3CC[C@@]21C. The number of carbonyl (C=O) groups is 3. The summed E-state index contributed by atoms with van der Waals surface area (Å²) in [5.74, 6) is 4.58. The number of allylic oxidation sites excluding steroid dienone is 2. The van der Waals surface area contributed by atoms with E-state index < -0.39 is 11.6 Å². The Hall–Kier alpha value is -3.70. The number of hydrogen-bond acceptors (Lipinski definition) is 6. The predicted octanol–water partition coefficient (Wildman–Crippen LogP) is 5.06. The molecule has 0 spiro atoms. The van der Waals surface area contributed by atoms with Crippen LogP contribution in [0.5, 0.6) is 0 Å². The normalized spacial score (nSPS) is 37.8. The van der Waals surface area contributed by atoms with Crippen molar-refractivity contribution in [1.29, 1.82) is 0 Å². The van der Waals surface area contributed by atoms with Gasteiger partial charge in [0.1, 0.15) is 17.3 Å². The van der Waals surface area contributed by atoms with Crippen LogP contribution in [-0.4, -0.2) is 86.8 Å². The summed E-state index contributed by atoms with van der Waals surface area (Å²) in [4.78, 5) is 51.5. The van der Waals surface area contributed by atoms with Crippen LogP contribution < -0.4 is 0 Å². The topological polar surface area (TPSA) is 94.0 Å². The van der Waals surface area contributed by atoms with Gasteiger partial charge in [-0.3, -0.25) is 14.4 Å². The van der Waals surface area contributed by atoms with Crippen LogP contribution in [0.2, 0.25) is 0 Å². The molecule has 1 aromatic heterocycles. The molecule has 1 aromatic carbocycles. The predicted molar refractivity (Wildman–Crippen MR) is 183 cm³/mol. The van der Waals surface area contributed by atoms with E-state index in [4.69, 9.17) is 6.42 Å². The van der Waals surface area contributed by atoms with Crippen molar-refractivity contribution in [1.82, 2.24) is 19.7 Å². The summed E-state index contributed by atoms with van der Waals surface area (Å²) < 4.78 is 0. The summed E-state index contributed by atoms with van der Waals surface area (Å²) in [7, 11) is 0. The Morgan fingerprint density at radius 1 is 0.938 bits per heavy atom. The third-order valence-electron chi connectivity index (χ3n) is 14.1. The molecule has 3 saturated carbocycles. The smallest absolute Gasteiger partial charge is 0.273 e. The van der Waals surface area contributed by atoms with E-state index in [1.807, 2.05) is 35.2 Å². The molecular weight excluding hydrogens is 600 g/mol. The molecule has 8 atom stereocenters. The number of para-hydroxylation sites is 1. The first-order valence-electron chi connectivity index (χ1n) is 18.2. The fourth-order valence-electron chi connectivity index (χ4n) is 11.2. The molecule has 4 aliphatic carbocycles. The van der Waals surface area contributed by atoms with E-state index in [1.54, 1.807) is 11.0 Å². The zero-order valence-corrected chi connectivity index (χ0v) is 28.4. The number of terminal acetylenes is 1. The average molecular weight is 649 g/mol. The first kappa shape index (κ1) is 31.6. The maximum Gasteiger partial charge on any atom is 0.273 e. The fourth-order valence-corrected chi connectivity index (χ4v) is 11.2. The summed E-state index contributed by atoms with van der Waals surface area (Å²) >= 11 is 0. The molecule has 0 radical (unpaired) electrons. The Morgan fingerprint density at radius 3 is 2.50 bits per heavy atom. The summed E-state index contributed by atoms with van der Waals surface area (Å²) in [6.07, 6.45) is 16.0. The maximum absolute atomic E-state index is 13.9. The second kappa shape index (κ2) is 11.4. The first-order valence-corrected chi connectivity index (χ1v) is 18.2. The quantitative estimate of drug-likeness (QED) is 0.468. The number of aliphatic hydroxyl groups is 1. The van der Waals surface area contributed by atoms with Gasteiger partial charge in [-0.1, -0.05) is 50.1 Å². The van der Waals surface area contributed by atoms with Crippen LogP contribution in [0.4, 0.5) is 0 Å². The van der Waals surface area contributed by atoms with Crippen LogP contribution in [0, 0.1) is 46.8 Å². The summed E-state index contributed by atoms with van der Waals surface area (Å²) in [5, 5.41) is 12.4. The Balaban J connectivity index is 0.957. The van der Waals surface area contributed by atoms with Gasteiger partial charge >= 0.3 is 0 Å². The van der Waals surface area contributed by atoms with Crippen LogP contribution in [0.25, 0.3) is 10.9 Å². The molecular formula is C40H48N4O4. The molecule has 8 nitrogen and oxygen atoms in total. The molecule has 2 saturated heterocycles. The maximum atomic E-state index is 13.9. The van der Waals surface area contributed by atoms with Gasteiger partial charge in [0.15, 0.2) is 5.78 Å².